The third-order valence-corrected chi connectivity index (χ3v) is 5.76. The fourth-order valence-electron chi connectivity index (χ4n) is 3.52. The van der Waals surface area contributed by atoms with Crippen LogP contribution in [0.4, 0.5) is 10.1 Å². The van der Waals surface area contributed by atoms with Gasteiger partial charge in [0.2, 0.25) is 0 Å². The number of rotatable bonds is 7. The van der Waals surface area contributed by atoms with E-state index in [9.17, 15) is 14.0 Å². The fraction of sp³-hybridized carbons (Fsp3) is 0.0714. The van der Waals surface area contributed by atoms with Crippen LogP contribution in [-0.4, -0.2) is 19.0 Å². The second kappa shape index (κ2) is 11.0. The lowest BCUT2D eigenvalue weighted by molar-refractivity contribution is 0.0601. The highest BCUT2D eigenvalue weighted by molar-refractivity contribution is 9.10. The molecule has 0 saturated heterocycles. The van der Waals surface area contributed by atoms with E-state index in [1.807, 2.05) is 36.4 Å². The molecule has 4 aromatic carbocycles. The highest BCUT2D eigenvalue weighted by Crippen LogP contribution is 2.31. The monoisotopic (exact) mass is 533 g/mol. The minimum Gasteiger partial charge on any atom is -0.488 e. The average molecular weight is 534 g/mol. The number of carbonyl (C=O) groups excluding carboxylic acids is 2. The SMILES string of the molecule is COC(=O)c1cc(F)c(-c2ccccc2)cc1NC(=O)c1cc(Br)ccc1OCc1ccccc1. The number of carbonyl (C=O) groups is 2. The second-order valence-corrected chi connectivity index (χ2v) is 8.52. The van der Waals surface area contributed by atoms with Gasteiger partial charge in [-0.15, -0.1) is 0 Å². The molecule has 1 amide bonds. The second-order valence-electron chi connectivity index (χ2n) is 7.60. The number of benzene rings is 4. The van der Waals surface area contributed by atoms with Gasteiger partial charge in [0.25, 0.3) is 5.91 Å². The lowest BCUT2D eigenvalue weighted by Crippen LogP contribution is -2.17. The lowest BCUT2D eigenvalue weighted by Gasteiger charge is -2.15. The summed E-state index contributed by atoms with van der Waals surface area (Å²) in [6.45, 7) is 0.269. The molecule has 0 aromatic heterocycles. The van der Waals surface area contributed by atoms with E-state index in [0.717, 1.165) is 11.6 Å². The van der Waals surface area contributed by atoms with Gasteiger partial charge in [-0.3, -0.25) is 4.79 Å². The Kier molecular flexibility index (Phi) is 7.57. The van der Waals surface area contributed by atoms with Gasteiger partial charge in [-0.05, 0) is 41.5 Å². The normalized spacial score (nSPS) is 10.5. The van der Waals surface area contributed by atoms with E-state index in [-0.39, 0.29) is 29.0 Å². The van der Waals surface area contributed by atoms with Crippen LogP contribution in [-0.2, 0) is 11.3 Å². The zero-order valence-electron chi connectivity index (χ0n) is 18.8. The molecule has 176 valence electrons. The predicted molar refractivity (Wildman–Crippen MR) is 136 cm³/mol. The first-order chi connectivity index (χ1) is 17.0. The van der Waals surface area contributed by atoms with Crippen molar-refractivity contribution >= 4 is 33.5 Å². The molecule has 5 nitrogen and oxygen atoms in total. The summed E-state index contributed by atoms with van der Waals surface area (Å²) < 4.78 is 26.3. The molecule has 0 atom stereocenters. The number of esters is 1. The van der Waals surface area contributed by atoms with Gasteiger partial charge in [0.15, 0.2) is 0 Å². The first-order valence-electron chi connectivity index (χ1n) is 10.7. The van der Waals surface area contributed by atoms with E-state index in [1.165, 1.54) is 13.2 Å². The van der Waals surface area contributed by atoms with Crippen LogP contribution in [0.1, 0.15) is 26.3 Å². The summed E-state index contributed by atoms with van der Waals surface area (Å²) in [4.78, 5) is 25.7. The van der Waals surface area contributed by atoms with Crippen LogP contribution in [0.25, 0.3) is 11.1 Å². The van der Waals surface area contributed by atoms with Crippen LogP contribution in [0.5, 0.6) is 5.75 Å². The molecule has 0 fully saturated rings. The molecule has 0 heterocycles. The zero-order valence-corrected chi connectivity index (χ0v) is 20.3. The molecule has 7 heteroatoms. The molecule has 35 heavy (non-hydrogen) atoms. The molecule has 0 aliphatic heterocycles. The van der Waals surface area contributed by atoms with Gasteiger partial charge in [-0.2, -0.15) is 0 Å². The van der Waals surface area contributed by atoms with Crippen molar-refractivity contribution in [1.29, 1.82) is 0 Å². The summed E-state index contributed by atoms with van der Waals surface area (Å²) in [7, 11) is 1.20. The topological polar surface area (TPSA) is 64.6 Å². The first kappa shape index (κ1) is 24.2. The van der Waals surface area contributed by atoms with E-state index in [2.05, 4.69) is 21.2 Å². The van der Waals surface area contributed by atoms with Crippen LogP contribution in [0.15, 0.2) is 95.5 Å². The van der Waals surface area contributed by atoms with Crippen LogP contribution >= 0.6 is 15.9 Å². The summed E-state index contributed by atoms with van der Waals surface area (Å²) in [5, 5.41) is 2.74. The van der Waals surface area contributed by atoms with Crippen molar-refractivity contribution in [2.45, 2.75) is 6.61 Å². The summed E-state index contributed by atoms with van der Waals surface area (Å²) in [5.41, 5.74) is 2.06. The minimum absolute atomic E-state index is 0.0974. The van der Waals surface area contributed by atoms with Gasteiger partial charge in [-0.1, -0.05) is 76.6 Å². The Bertz CT molecular complexity index is 1360. The van der Waals surface area contributed by atoms with Crippen molar-refractivity contribution in [2.75, 3.05) is 12.4 Å². The smallest absolute Gasteiger partial charge is 0.340 e. The molecule has 0 bridgehead atoms. The number of anilines is 1. The Morgan fingerprint density at radius 1 is 0.886 bits per heavy atom. The largest absolute Gasteiger partial charge is 0.488 e. The highest BCUT2D eigenvalue weighted by atomic mass is 79.9. The maximum atomic E-state index is 14.9. The van der Waals surface area contributed by atoms with Gasteiger partial charge >= 0.3 is 5.97 Å². The Morgan fingerprint density at radius 3 is 2.26 bits per heavy atom. The van der Waals surface area contributed by atoms with Gasteiger partial charge in [0.1, 0.15) is 18.2 Å². The fourth-order valence-corrected chi connectivity index (χ4v) is 3.89. The minimum atomic E-state index is -0.770. The number of ether oxygens (including phenoxy) is 2. The number of amides is 1. The maximum absolute atomic E-state index is 14.9. The van der Waals surface area contributed by atoms with E-state index in [0.29, 0.717) is 15.8 Å². The van der Waals surface area contributed by atoms with E-state index < -0.39 is 17.7 Å². The molecular weight excluding hydrogens is 513 g/mol. The molecule has 0 aliphatic rings. The van der Waals surface area contributed by atoms with Crippen LogP contribution < -0.4 is 10.1 Å². The zero-order chi connectivity index (χ0) is 24.8. The standard InChI is InChI=1S/C28H21BrFNO4/c1-34-28(33)22-15-24(30)21(19-10-6-3-7-11-19)16-25(22)31-27(32)23-14-20(29)12-13-26(23)35-17-18-8-4-2-5-9-18/h2-16H,17H2,1H3,(H,31,32). The highest BCUT2D eigenvalue weighted by Gasteiger charge is 2.21. The van der Waals surface area contributed by atoms with Crippen molar-refractivity contribution in [3.05, 3.63) is 118 Å². The number of halogens is 2. The van der Waals surface area contributed by atoms with Crippen LogP contribution in [0, 0.1) is 5.82 Å². The van der Waals surface area contributed by atoms with Crippen LogP contribution in [0.2, 0.25) is 0 Å². The Morgan fingerprint density at radius 2 is 1.57 bits per heavy atom. The lowest BCUT2D eigenvalue weighted by atomic mass is 10.0. The van der Waals surface area contributed by atoms with Crippen molar-refractivity contribution in [1.82, 2.24) is 0 Å². The predicted octanol–water partition coefficient (Wildman–Crippen LogP) is 6.87. The third-order valence-electron chi connectivity index (χ3n) is 5.27. The Hall–Kier alpha value is -3.97. The van der Waals surface area contributed by atoms with Crippen molar-refractivity contribution in [3.63, 3.8) is 0 Å². The summed E-state index contributed by atoms with van der Waals surface area (Å²) >= 11 is 3.39. The van der Waals surface area contributed by atoms with Gasteiger partial charge < -0.3 is 14.8 Å². The molecule has 0 saturated carbocycles. The maximum Gasteiger partial charge on any atom is 0.340 e. The van der Waals surface area contributed by atoms with Crippen molar-refractivity contribution in [3.8, 4) is 16.9 Å². The molecule has 4 rings (SSSR count). The number of hydrogen-bond acceptors (Lipinski definition) is 4. The third kappa shape index (κ3) is 5.75. The summed E-state index contributed by atoms with van der Waals surface area (Å²) in [6.07, 6.45) is 0. The number of methoxy groups -OCH3 is 1. The van der Waals surface area contributed by atoms with Crippen LogP contribution in [0.3, 0.4) is 0 Å². The van der Waals surface area contributed by atoms with Gasteiger partial charge in [0.05, 0.1) is 23.9 Å². The van der Waals surface area contributed by atoms with E-state index in [1.54, 1.807) is 42.5 Å². The average Bonchev–Trinajstić information content (AvgIpc) is 2.89. The van der Waals surface area contributed by atoms with E-state index in [4.69, 9.17) is 9.47 Å². The number of nitrogens with one attached hydrogen (secondary N) is 1. The molecule has 0 radical (unpaired) electrons. The Balaban J connectivity index is 1.68. The van der Waals surface area contributed by atoms with Gasteiger partial charge in [-0.25, -0.2) is 9.18 Å². The Labute approximate surface area is 210 Å². The molecule has 0 unspecified atom stereocenters. The van der Waals surface area contributed by atoms with Crippen molar-refractivity contribution in [2.24, 2.45) is 0 Å². The molecule has 4 aromatic rings. The van der Waals surface area contributed by atoms with E-state index >= 15 is 0 Å². The molecule has 1 N–H and O–H groups in total. The molecule has 0 spiro atoms. The number of hydrogen-bond donors (Lipinski definition) is 1. The van der Waals surface area contributed by atoms with Gasteiger partial charge in [0, 0.05) is 10.0 Å². The quantitative estimate of drug-likeness (QED) is 0.263. The first-order valence-corrected chi connectivity index (χ1v) is 11.5. The van der Waals surface area contributed by atoms with Crippen molar-refractivity contribution < 1.29 is 23.5 Å². The summed E-state index contributed by atoms with van der Waals surface area (Å²) in [5.74, 6) is -1.54. The summed E-state index contributed by atoms with van der Waals surface area (Å²) in [6, 6.07) is 26.0. The molecular formula is C28H21BrFNO4. The molecule has 0 aliphatic carbocycles.